The van der Waals surface area contributed by atoms with Crippen LogP contribution in [0, 0.1) is 5.92 Å². The first-order chi connectivity index (χ1) is 11.6. The van der Waals surface area contributed by atoms with E-state index in [1.54, 1.807) is 23.5 Å². The Labute approximate surface area is 145 Å². The van der Waals surface area contributed by atoms with Crippen LogP contribution in [-0.4, -0.2) is 23.5 Å². The Kier molecular flexibility index (Phi) is 4.81. The molecule has 2 unspecified atom stereocenters. The summed E-state index contributed by atoms with van der Waals surface area (Å²) in [6.45, 7) is 10.3. The zero-order valence-electron chi connectivity index (χ0n) is 13.6. The van der Waals surface area contributed by atoms with Crippen LogP contribution >= 0.6 is 11.3 Å². The van der Waals surface area contributed by atoms with E-state index in [4.69, 9.17) is 4.74 Å². The number of amides is 1. The zero-order valence-corrected chi connectivity index (χ0v) is 14.4. The second-order valence-electron chi connectivity index (χ2n) is 5.83. The van der Waals surface area contributed by atoms with E-state index >= 15 is 0 Å². The fourth-order valence-electron chi connectivity index (χ4n) is 2.86. The number of carbonyl (C=O) groups excluding carboxylic acids is 1. The zero-order chi connectivity index (χ0) is 17.1. The highest BCUT2D eigenvalue weighted by Gasteiger charge is 2.28. The molecule has 1 aromatic carbocycles. The normalized spacial score (nSPS) is 19.1. The molecule has 1 aromatic heterocycles. The van der Waals surface area contributed by atoms with Crippen molar-refractivity contribution in [1.29, 1.82) is 0 Å². The van der Waals surface area contributed by atoms with Crippen molar-refractivity contribution < 1.29 is 9.53 Å². The third kappa shape index (κ3) is 3.26. The molecule has 1 fully saturated rings. The topological polar surface area (TPSA) is 51.2 Å². The van der Waals surface area contributed by atoms with Crippen molar-refractivity contribution in [3.8, 4) is 5.75 Å². The third-order valence-electron chi connectivity index (χ3n) is 4.23. The minimum Gasteiger partial charge on any atom is -0.489 e. The van der Waals surface area contributed by atoms with Gasteiger partial charge in [-0.1, -0.05) is 31.4 Å². The molecule has 2 atom stereocenters. The lowest BCUT2D eigenvalue weighted by Gasteiger charge is -2.20. The van der Waals surface area contributed by atoms with E-state index in [2.05, 4.69) is 23.5 Å². The van der Waals surface area contributed by atoms with Gasteiger partial charge >= 0.3 is 0 Å². The maximum atomic E-state index is 11.4. The molecule has 24 heavy (non-hydrogen) atoms. The van der Waals surface area contributed by atoms with Crippen molar-refractivity contribution in [1.82, 2.24) is 10.3 Å². The van der Waals surface area contributed by atoms with E-state index in [-0.39, 0.29) is 17.9 Å². The second-order valence-corrected chi connectivity index (χ2v) is 6.68. The SMILES string of the molecule is C=CC=C(C=C)c1cc(OC(C)C2CNC(=O)C2)c2scnc2c1. The molecular formula is C19H20N2O2S. The number of benzene rings is 1. The number of nitrogens with one attached hydrogen (secondary N) is 1. The number of nitrogens with zero attached hydrogens (tertiary/aromatic N) is 1. The fraction of sp³-hybridized carbons (Fsp3) is 0.263. The highest BCUT2D eigenvalue weighted by atomic mass is 32.1. The molecule has 1 amide bonds. The Morgan fingerprint density at radius 1 is 1.50 bits per heavy atom. The lowest BCUT2D eigenvalue weighted by Crippen LogP contribution is -2.25. The monoisotopic (exact) mass is 340 g/mol. The molecule has 2 heterocycles. The summed E-state index contributed by atoms with van der Waals surface area (Å²) in [7, 11) is 0. The van der Waals surface area contributed by atoms with Crippen molar-refractivity contribution >= 4 is 33.0 Å². The average Bonchev–Trinajstić information content (AvgIpc) is 3.21. The van der Waals surface area contributed by atoms with Crippen LogP contribution in [0.2, 0.25) is 0 Å². The summed E-state index contributed by atoms with van der Waals surface area (Å²) >= 11 is 1.56. The molecule has 3 rings (SSSR count). The van der Waals surface area contributed by atoms with Crippen LogP contribution in [0.5, 0.6) is 5.75 Å². The summed E-state index contributed by atoms with van der Waals surface area (Å²) in [6, 6.07) is 4.04. The number of ether oxygens (including phenoxy) is 1. The van der Waals surface area contributed by atoms with Gasteiger partial charge in [0.05, 0.1) is 15.7 Å². The van der Waals surface area contributed by atoms with Gasteiger partial charge in [0.15, 0.2) is 0 Å². The number of hydrogen-bond acceptors (Lipinski definition) is 4. The number of thiazole rings is 1. The van der Waals surface area contributed by atoms with Crippen LogP contribution in [0.25, 0.3) is 15.8 Å². The first kappa shape index (κ1) is 16.5. The summed E-state index contributed by atoms with van der Waals surface area (Å²) in [6.07, 6.45) is 5.90. The second kappa shape index (κ2) is 7.01. The average molecular weight is 340 g/mol. The molecule has 0 radical (unpaired) electrons. The minimum absolute atomic E-state index is 0.0555. The Bertz CT molecular complexity index is 822. The van der Waals surface area contributed by atoms with Gasteiger partial charge in [0.25, 0.3) is 0 Å². The van der Waals surface area contributed by atoms with Crippen molar-refractivity contribution in [3.63, 3.8) is 0 Å². The highest BCUT2D eigenvalue weighted by molar-refractivity contribution is 7.17. The molecule has 0 saturated carbocycles. The molecule has 5 heteroatoms. The van der Waals surface area contributed by atoms with E-state index in [9.17, 15) is 4.79 Å². The van der Waals surface area contributed by atoms with Crippen LogP contribution in [0.3, 0.4) is 0 Å². The van der Waals surface area contributed by atoms with Crippen molar-refractivity contribution in [2.24, 2.45) is 5.92 Å². The van der Waals surface area contributed by atoms with Gasteiger partial charge in [0, 0.05) is 18.9 Å². The predicted molar refractivity (Wildman–Crippen MR) is 99.2 cm³/mol. The molecular weight excluding hydrogens is 320 g/mol. The number of rotatable bonds is 6. The Morgan fingerprint density at radius 3 is 3.00 bits per heavy atom. The molecule has 0 aliphatic carbocycles. The van der Waals surface area contributed by atoms with Gasteiger partial charge in [-0.25, -0.2) is 4.98 Å². The number of hydrogen-bond donors (Lipinski definition) is 1. The number of aromatic nitrogens is 1. The van der Waals surface area contributed by atoms with E-state index in [1.165, 1.54) is 0 Å². The van der Waals surface area contributed by atoms with E-state index < -0.39 is 0 Å². The van der Waals surface area contributed by atoms with Crippen LogP contribution in [0.4, 0.5) is 0 Å². The smallest absolute Gasteiger partial charge is 0.220 e. The van der Waals surface area contributed by atoms with E-state index in [1.807, 2.05) is 30.6 Å². The highest BCUT2D eigenvalue weighted by Crippen LogP contribution is 2.35. The summed E-state index contributed by atoms with van der Waals surface area (Å²) in [5.41, 5.74) is 4.68. The molecule has 1 N–H and O–H groups in total. The molecule has 124 valence electrons. The predicted octanol–water partition coefficient (Wildman–Crippen LogP) is 3.96. The van der Waals surface area contributed by atoms with E-state index in [0.29, 0.717) is 13.0 Å². The lowest BCUT2D eigenvalue weighted by atomic mass is 10.0. The van der Waals surface area contributed by atoms with Gasteiger partial charge in [-0.3, -0.25) is 4.79 Å². The first-order valence-electron chi connectivity index (χ1n) is 7.88. The minimum atomic E-state index is -0.0555. The summed E-state index contributed by atoms with van der Waals surface area (Å²) in [5.74, 6) is 1.08. The Morgan fingerprint density at radius 2 is 2.33 bits per heavy atom. The maximum absolute atomic E-state index is 11.4. The number of carbonyl (C=O) groups is 1. The Hall–Kier alpha value is -2.40. The van der Waals surface area contributed by atoms with Gasteiger partial charge in [-0.05, 0) is 30.2 Å². The largest absolute Gasteiger partial charge is 0.489 e. The van der Waals surface area contributed by atoms with E-state index in [0.717, 1.165) is 27.1 Å². The van der Waals surface area contributed by atoms with Crippen LogP contribution in [-0.2, 0) is 4.79 Å². The quantitative estimate of drug-likeness (QED) is 0.810. The maximum Gasteiger partial charge on any atom is 0.220 e. The molecule has 0 bridgehead atoms. The van der Waals surface area contributed by atoms with Crippen LogP contribution < -0.4 is 10.1 Å². The summed E-state index contributed by atoms with van der Waals surface area (Å²) in [4.78, 5) is 15.9. The van der Waals surface area contributed by atoms with Gasteiger partial charge in [0.2, 0.25) is 5.91 Å². The standard InChI is InChI=1S/C19H20N2O2S/c1-4-6-13(5-2)14-7-16-19(24-11-21-16)17(8-14)23-12(3)15-9-18(22)20-10-15/h4-8,11-12,15H,1-2,9-10H2,3H3,(H,20,22). The van der Waals surface area contributed by atoms with Crippen molar-refractivity contribution in [2.75, 3.05) is 6.54 Å². The number of fused-ring (bicyclic) bond motifs is 1. The Balaban J connectivity index is 1.95. The van der Waals surface area contributed by atoms with Crippen molar-refractivity contribution in [3.05, 3.63) is 54.6 Å². The molecule has 1 aliphatic rings. The lowest BCUT2D eigenvalue weighted by molar-refractivity contribution is -0.119. The van der Waals surface area contributed by atoms with Gasteiger partial charge < -0.3 is 10.1 Å². The molecule has 1 saturated heterocycles. The third-order valence-corrected chi connectivity index (χ3v) is 5.09. The van der Waals surface area contributed by atoms with Crippen LogP contribution in [0.1, 0.15) is 18.9 Å². The molecule has 1 aliphatic heterocycles. The summed E-state index contributed by atoms with van der Waals surface area (Å²) in [5, 5.41) is 2.86. The summed E-state index contributed by atoms with van der Waals surface area (Å²) < 4.78 is 7.24. The van der Waals surface area contributed by atoms with Gasteiger partial charge in [-0.15, -0.1) is 11.3 Å². The fourth-order valence-corrected chi connectivity index (χ4v) is 3.58. The van der Waals surface area contributed by atoms with Gasteiger partial charge in [-0.2, -0.15) is 0 Å². The van der Waals surface area contributed by atoms with Crippen LogP contribution in [0.15, 0.2) is 49.0 Å². The molecule has 4 nitrogen and oxygen atoms in total. The van der Waals surface area contributed by atoms with Gasteiger partial charge in [0.1, 0.15) is 11.9 Å². The first-order valence-corrected chi connectivity index (χ1v) is 8.76. The number of allylic oxidation sites excluding steroid dienone is 4. The van der Waals surface area contributed by atoms with Crippen molar-refractivity contribution in [2.45, 2.75) is 19.4 Å². The molecule has 2 aromatic rings. The molecule has 0 spiro atoms.